The Balaban J connectivity index is 0.000000371. The summed E-state index contributed by atoms with van der Waals surface area (Å²) in [5, 5.41) is 3.65. The molecule has 3 nitrogen and oxygen atoms in total. The molecule has 1 rings (SSSR count). The van der Waals surface area contributed by atoms with Crippen molar-refractivity contribution < 1.29 is 4.74 Å². The van der Waals surface area contributed by atoms with Crippen molar-refractivity contribution in [3.05, 3.63) is 11.5 Å². The molecule has 58 valence electrons. The summed E-state index contributed by atoms with van der Waals surface area (Å²) < 4.78 is 4.92. The molecule has 1 aliphatic heterocycles. The van der Waals surface area contributed by atoms with Crippen LogP contribution in [0.2, 0.25) is 0 Å². The Kier molecular flexibility index (Phi) is 4.37. The molecule has 0 aromatic carbocycles. The molecule has 3 heteroatoms. The van der Waals surface area contributed by atoms with E-state index in [1.165, 1.54) is 6.40 Å². The van der Waals surface area contributed by atoms with Crippen LogP contribution in [-0.2, 0) is 4.74 Å². The first-order chi connectivity index (χ1) is 4.80. The van der Waals surface area contributed by atoms with Crippen LogP contribution in [0.25, 0.3) is 0 Å². The molecule has 0 radical (unpaired) electrons. The van der Waals surface area contributed by atoms with Crippen molar-refractivity contribution in [3.63, 3.8) is 0 Å². The van der Waals surface area contributed by atoms with Crippen LogP contribution in [0.1, 0.15) is 27.7 Å². The van der Waals surface area contributed by atoms with Gasteiger partial charge in [0, 0.05) is 0 Å². The van der Waals surface area contributed by atoms with E-state index >= 15 is 0 Å². The predicted octanol–water partition coefficient (Wildman–Crippen LogP) is 1.83. The normalized spacial score (nSPS) is 14.8. The van der Waals surface area contributed by atoms with Crippen LogP contribution in [0.3, 0.4) is 0 Å². The van der Waals surface area contributed by atoms with Crippen molar-refractivity contribution in [2.24, 2.45) is 5.10 Å². The number of hydrazone groups is 1. The molecule has 0 fully saturated rings. The fraction of sp³-hybridized carbons (Fsp3) is 0.571. The maximum absolute atomic E-state index is 4.92. The predicted molar refractivity (Wildman–Crippen MR) is 42.4 cm³/mol. The van der Waals surface area contributed by atoms with E-state index in [4.69, 9.17) is 4.74 Å². The van der Waals surface area contributed by atoms with Crippen molar-refractivity contribution in [2.75, 3.05) is 0 Å². The van der Waals surface area contributed by atoms with Gasteiger partial charge in [-0.05, 0) is 13.8 Å². The Morgan fingerprint density at radius 1 is 1.40 bits per heavy atom. The summed E-state index contributed by atoms with van der Waals surface area (Å²) in [6, 6.07) is 0. The molecule has 0 spiro atoms. The van der Waals surface area contributed by atoms with Gasteiger partial charge in [0.1, 0.15) is 5.76 Å². The molecule has 0 amide bonds. The molecule has 0 bridgehead atoms. The van der Waals surface area contributed by atoms with Gasteiger partial charge < -0.3 is 4.74 Å². The number of rotatable bonds is 0. The Labute approximate surface area is 61.8 Å². The zero-order valence-electron chi connectivity index (χ0n) is 6.93. The summed E-state index contributed by atoms with van der Waals surface area (Å²) in [5.74, 6) is 0.875. The van der Waals surface area contributed by atoms with Gasteiger partial charge in [-0.15, -0.1) is 5.10 Å². The number of nitrogens with zero attached hydrogens (tertiary/aromatic N) is 1. The molecule has 1 aliphatic rings. The van der Waals surface area contributed by atoms with Gasteiger partial charge in [-0.25, -0.2) is 0 Å². The average Bonchev–Trinajstić information content (AvgIpc) is 2.00. The number of nitrogens with one attached hydrogen (secondary N) is 1. The molecule has 1 N–H and O–H groups in total. The average molecular weight is 142 g/mol. The highest BCUT2D eigenvalue weighted by Crippen LogP contribution is 2.02. The summed E-state index contributed by atoms with van der Waals surface area (Å²) in [5.41, 5.74) is 3.72. The minimum Gasteiger partial charge on any atom is -0.447 e. The summed E-state index contributed by atoms with van der Waals surface area (Å²) >= 11 is 0. The molecule has 0 aromatic heterocycles. The molecule has 0 saturated carbocycles. The standard InChI is InChI=1S/C5H8N2O.C2H6/c1-4-5(2)8-3-6-7-4;1-2/h3,7H,1-2H3;1-2H3. The number of allylic oxidation sites excluding steroid dienone is 2. The lowest BCUT2D eigenvalue weighted by Crippen LogP contribution is -2.11. The SMILES string of the molecule is CC.CC1=C(C)OC=NN1. The third-order valence-electron chi connectivity index (χ3n) is 1.04. The molecule has 0 saturated heterocycles. The maximum atomic E-state index is 4.92. The van der Waals surface area contributed by atoms with Crippen molar-refractivity contribution in [2.45, 2.75) is 27.7 Å². The van der Waals surface area contributed by atoms with Crippen LogP contribution in [0.5, 0.6) is 0 Å². The van der Waals surface area contributed by atoms with Gasteiger partial charge in [0.05, 0.1) is 5.70 Å². The summed E-state index contributed by atoms with van der Waals surface area (Å²) in [6.45, 7) is 7.79. The minimum absolute atomic E-state index is 0.875. The monoisotopic (exact) mass is 142 g/mol. The highest BCUT2D eigenvalue weighted by molar-refractivity contribution is 5.49. The summed E-state index contributed by atoms with van der Waals surface area (Å²) in [6.07, 6.45) is 1.38. The van der Waals surface area contributed by atoms with Crippen molar-refractivity contribution in [1.82, 2.24) is 5.43 Å². The van der Waals surface area contributed by atoms with Gasteiger partial charge in [0.15, 0.2) is 6.40 Å². The molecule has 0 aliphatic carbocycles. The third-order valence-corrected chi connectivity index (χ3v) is 1.04. The second kappa shape index (κ2) is 4.85. The minimum atomic E-state index is 0.875. The Hall–Kier alpha value is -0.990. The fourth-order valence-electron chi connectivity index (χ4n) is 0.396. The van der Waals surface area contributed by atoms with Gasteiger partial charge in [0.25, 0.3) is 0 Å². The van der Waals surface area contributed by atoms with Gasteiger partial charge in [-0.3, -0.25) is 5.43 Å². The largest absolute Gasteiger partial charge is 0.447 e. The van der Waals surface area contributed by atoms with Crippen molar-refractivity contribution >= 4 is 6.40 Å². The van der Waals surface area contributed by atoms with Gasteiger partial charge >= 0.3 is 0 Å². The highest BCUT2D eigenvalue weighted by Gasteiger charge is 1.97. The van der Waals surface area contributed by atoms with E-state index < -0.39 is 0 Å². The van der Waals surface area contributed by atoms with E-state index in [-0.39, 0.29) is 0 Å². The van der Waals surface area contributed by atoms with E-state index in [2.05, 4.69) is 10.5 Å². The zero-order valence-corrected chi connectivity index (χ0v) is 6.93. The van der Waals surface area contributed by atoms with Crippen molar-refractivity contribution in [3.8, 4) is 0 Å². The van der Waals surface area contributed by atoms with Gasteiger partial charge in [0.2, 0.25) is 0 Å². The first kappa shape index (κ1) is 9.01. The third kappa shape index (κ3) is 2.53. The van der Waals surface area contributed by atoms with E-state index in [9.17, 15) is 0 Å². The molecule has 0 atom stereocenters. The van der Waals surface area contributed by atoms with Gasteiger partial charge in [-0.1, -0.05) is 13.8 Å². The lowest BCUT2D eigenvalue weighted by Gasteiger charge is -2.09. The van der Waals surface area contributed by atoms with E-state index in [0.717, 1.165) is 11.5 Å². The smallest absolute Gasteiger partial charge is 0.199 e. The second-order valence-electron chi connectivity index (χ2n) is 1.65. The van der Waals surface area contributed by atoms with E-state index in [0.29, 0.717) is 0 Å². The van der Waals surface area contributed by atoms with Crippen LogP contribution >= 0.6 is 0 Å². The summed E-state index contributed by atoms with van der Waals surface area (Å²) in [7, 11) is 0. The Bertz CT molecular complexity index is 134. The van der Waals surface area contributed by atoms with Crippen LogP contribution in [-0.4, -0.2) is 6.40 Å². The van der Waals surface area contributed by atoms with E-state index in [1.54, 1.807) is 0 Å². The first-order valence-corrected chi connectivity index (χ1v) is 3.42. The summed E-state index contributed by atoms with van der Waals surface area (Å²) in [4.78, 5) is 0. The zero-order chi connectivity index (χ0) is 7.98. The van der Waals surface area contributed by atoms with E-state index in [1.807, 2.05) is 27.7 Å². The molecule has 0 unspecified atom stereocenters. The first-order valence-electron chi connectivity index (χ1n) is 3.42. The highest BCUT2D eigenvalue weighted by atomic mass is 16.5. The van der Waals surface area contributed by atoms with Crippen LogP contribution in [0.15, 0.2) is 16.6 Å². The van der Waals surface area contributed by atoms with Gasteiger partial charge in [-0.2, -0.15) is 0 Å². The topological polar surface area (TPSA) is 33.6 Å². The molecule has 1 heterocycles. The lowest BCUT2D eigenvalue weighted by atomic mass is 10.4. The molecular weight excluding hydrogens is 128 g/mol. The number of hydrogen-bond acceptors (Lipinski definition) is 3. The fourth-order valence-corrected chi connectivity index (χ4v) is 0.396. The maximum Gasteiger partial charge on any atom is 0.199 e. The van der Waals surface area contributed by atoms with Crippen LogP contribution < -0.4 is 5.43 Å². The number of hydrogen-bond donors (Lipinski definition) is 1. The second-order valence-corrected chi connectivity index (χ2v) is 1.65. The quantitative estimate of drug-likeness (QED) is 0.559. The molecule has 0 aromatic rings. The van der Waals surface area contributed by atoms with Crippen molar-refractivity contribution in [1.29, 1.82) is 0 Å². The molecule has 10 heavy (non-hydrogen) atoms. The lowest BCUT2D eigenvalue weighted by molar-refractivity contribution is 0.404. The molecular formula is C7H14N2O. The van der Waals surface area contributed by atoms with Crippen LogP contribution in [0, 0.1) is 0 Å². The number of ether oxygens (including phenoxy) is 1. The van der Waals surface area contributed by atoms with Crippen LogP contribution in [0.4, 0.5) is 0 Å². The Morgan fingerprint density at radius 2 is 2.00 bits per heavy atom. The Morgan fingerprint density at radius 3 is 2.30 bits per heavy atom.